The standard InChI is InChI=1S/C44H25N3O2/c1-2-12-26(13-3-1)40-43-41(32-18-8-11-21-38(32)49-43)46-44(45-40)35-25-34-33-24-27(22-23-39(33)48-42(34)31-17-5-4-14-28(31)35)47-36-19-9-6-15-29(36)30-16-7-10-20-37(30)47/h1-25H. The number of aromatic nitrogens is 3. The predicted octanol–water partition coefficient (Wildman–Crippen LogP) is 11.9. The van der Waals surface area contributed by atoms with Gasteiger partial charge in [-0.15, -0.1) is 0 Å². The Morgan fingerprint density at radius 2 is 1.04 bits per heavy atom. The summed E-state index contributed by atoms with van der Waals surface area (Å²) in [6.45, 7) is 0. The number of hydrogen-bond donors (Lipinski definition) is 0. The van der Waals surface area contributed by atoms with E-state index in [0.717, 1.165) is 71.7 Å². The van der Waals surface area contributed by atoms with Crippen LogP contribution in [-0.2, 0) is 0 Å². The second-order valence-electron chi connectivity index (χ2n) is 12.5. The first-order chi connectivity index (χ1) is 24.3. The summed E-state index contributed by atoms with van der Waals surface area (Å²) in [6.07, 6.45) is 0. The molecule has 49 heavy (non-hydrogen) atoms. The minimum absolute atomic E-state index is 0.643. The summed E-state index contributed by atoms with van der Waals surface area (Å²) < 4.78 is 15.4. The number of benzene rings is 7. The quantitative estimate of drug-likeness (QED) is 0.196. The van der Waals surface area contributed by atoms with Gasteiger partial charge in [0.15, 0.2) is 11.4 Å². The smallest absolute Gasteiger partial charge is 0.180 e. The lowest BCUT2D eigenvalue weighted by molar-refractivity contribution is 0.667. The summed E-state index contributed by atoms with van der Waals surface area (Å²) in [5, 5.41) is 7.55. The lowest BCUT2D eigenvalue weighted by Gasteiger charge is -2.10. The van der Waals surface area contributed by atoms with E-state index in [-0.39, 0.29) is 0 Å². The van der Waals surface area contributed by atoms with Gasteiger partial charge in [0.1, 0.15) is 28.0 Å². The maximum absolute atomic E-state index is 6.65. The normalized spacial score (nSPS) is 12.1. The molecule has 0 amide bonds. The van der Waals surface area contributed by atoms with E-state index >= 15 is 0 Å². The monoisotopic (exact) mass is 627 g/mol. The molecule has 0 aliphatic heterocycles. The van der Waals surface area contributed by atoms with Crippen molar-refractivity contribution in [1.29, 1.82) is 0 Å². The Bertz CT molecular complexity index is 3060. The second kappa shape index (κ2) is 9.89. The van der Waals surface area contributed by atoms with Gasteiger partial charge in [-0.05, 0) is 53.9 Å². The van der Waals surface area contributed by atoms with Gasteiger partial charge in [0.2, 0.25) is 0 Å². The van der Waals surface area contributed by atoms with Crippen LogP contribution < -0.4 is 0 Å². The predicted molar refractivity (Wildman–Crippen MR) is 199 cm³/mol. The molecule has 0 saturated heterocycles. The Morgan fingerprint density at radius 3 is 1.82 bits per heavy atom. The second-order valence-corrected chi connectivity index (χ2v) is 12.5. The molecule has 11 rings (SSSR count). The topological polar surface area (TPSA) is 57.0 Å². The molecule has 0 bridgehead atoms. The van der Waals surface area contributed by atoms with Crippen molar-refractivity contribution in [2.75, 3.05) is 0 Å². The van der Waals surface area contributed by atoms with Gasteiger partial charge in [-0.25, -0.2) is 9.97 Å². The van der Waals surface area contributed by atoms with Gasteiger partial charge in [-0.1, -0.05) is 103 Å². The molecule has 228 valence electrons. The zero-order valence-electron chi connectivity index (χ0n) is 26.1. The lowest BCUT2D eigenvalue weighted by atomic mass is 9.99. The van der Waals surface area contributed by atoms with Crippen molar-refractivity contribution < 1.29 is 8.83 Å². The molecule has 0 atom stereocenters. The number of nitrogens with zero attached hydrogens (tertiary/aromatic N) is 3. The Labute approximate surface area is 279 Å². The van der Waals surface area contributed by atoms with Crippen molar-refractivity contribution in [2.45, 2.75) is 0 Å². The van der Waals surface area contributed by atoms with Crippen molar-refractivity contribution in [1.82, 2.24) is 14.5 Å². The third-order valence-electron chi connectivity index (χ3n) is 9.81. The molecule has 5 heteroatoms. The Morgan fingerprint density at radius 1 is 0.429 bits per heavy atom. The van der Waals surface area contributed by atoms with Gasteiger partial charge in [0.25, 0.3) is 0 Å². The summed E-state index contributed by atoms with van der Waals surface area (Å²) >= 11 is 0. The van der Waals surface area contributed by atoms with Crippen LogP contribution in [0.25, 0.3) is 105 Å². The maximum atomic E-state index is 6.65. The first-order valence-corrected chi connectivity index (χ1v) is 16.4. The van der Waals surface area contributed by atoms with Crippen LogP contribution in [0.1, 0.15) is 0 Å². The molecular weight excluding hydrogens is 603 g/mol. The zero-order valence-corrected chi connectivity index (χ0v) is 26.1. The van der Waals surface area contributed by atoms with E-state index in [1.54, 1.807) is 0 Å². The van der Waals surface area contributed by atoms with Gasteiger partial charge in [0, 0.05) is 49.1 Å². The SMILES string of the molecule is c1ccc(-c2nc(-c3cc4c5cc(-n6c7ccccc7c7ccccc76)ccc5oc4c4ccccc34)nc3c2oc2ccccc23)cc1. The molecule has 5 nitrogen and oxygen atoms in total. The fourth-order valence-electron chi connectivity index (χ4n) is 7.61. The highest BCUT2D eigenvalue weighted by Crippen LogP contribution is 2.42. The maximum Gasteiger partial charge on any atom is 0.180 e. The lowest BCUT2D eigenvalue weighted by Crippen LogP contribution is -1.95. The minimum atomic E-state index is 0.643. The Kier molecular flexibility index (Phi) is 5.32. The summed E-state index contributed by atoms with van der Waals surface area (Å²) in [6, 6.07) is 52.5. The fraction of sp³-hybridized carbons (Fsp3) is 0. The molecular formula is C44H25N3O2. The van der Waals surface area contributed by atoms with Gasteiger partial charge in [-0.2, -0.15) is 0 Å². The largest absolute Gasteiger partial charge is 0.455 e. The molecule has 11 aromatic rings. The Balaban J connectivity index is 1.22. The van der Waals surface area contributed by atoms with Crippen LogP contribution in [0.4, 0.5) is 0 Å². The molecule has 0 spiro atoms. The summed E-state index contributed by atoms with van der Waals surface area (Å²) in [7, 11) is 0. The van der Waals surface area contributed by atoms with E-state index in [2.05, 4.69) is 120 Å². The number of fused-ring (bicyclic) bond motifs is 11. The van der Waals surface area contributed by atoms with Crippen LogP contribution >= 0.6 is 0 Å². The van der Waals surface area contributed by atoms with Gasteiger partial charge >= 0.3 is 0 Å². The van der Waals surface area contributed by atoms with Gasteiger partial charge < -0.3 is 13.4 Å². The highest BCUT2D eigenvalue weighted by atomic mass is 16.3. The third-order valence-corrected chi connectivity index (χ3v) is 9.81. The number of furan rings is 2. The van der Waals surface area contributed by atoms with Crippen molar-refractivity contribution in [3.63, 3.8) is 0 Å². The van der Waals surface area contributed by atoms with E-state index in [0.29, 0.717) is 11.4 Å². The number of rotatable bonds is 3. The first-order valence-electron chi connectivity index (χ1n) is 16.4. The summed E-state index contributed by atoms with van der Waals surface area (Å²) in [5.41, 5.74) is 10.1. The first kappa shape index (κ1) is 26.4. The third kappa shape index (κ3) is 3.75. The van der Waals surface area contributed by atoms with Crippen molar-refractivity contribution >= 4 is 76.6 Å². The summed E-state index contributed by atoms with van der Waals surface area (Å²) in [4.78, 5) is 10.5. The van der Waals surface area contributed by atoms with E-state index in [9.17, 15) is 0 Å². The van der Waals surface area contributed by atoms with E-state index in [1.165, 1.54) is 21.8 Å². The molecule has 0 fully saturated rings. The molecule has 0 aliphatic rings. The van der Waals surface area contributed by atoms with Gasteiger partial charge in [0.05, 0.1) is 11.0 Å². The Hall–Kier alpha value is -6.72. The number of hydrogen-bond acceptors (Lipinski definition) is 4. The van der Waals surface area contributed by atoms with Crippen LogP contribution in [0.3, 0.4) is 0 Å². The zero-order chi connectivity index (χ0) is 32.1. The summed E-state index contributed by atoms with van der Waals surface area (Å²) in [5.74, 6) is 0.643. The van der Waals surface area contributed by atoms with Crippen molar-refractivity contribution in [3.05, 3.63) is 152 Å². The molecule has 0 aliphatic carbocycles. The molecule has 0 unspecified atom stereocenters. The van der Waals surface area contributed by atoms with Crippen LogP contribution in [0, 0.1) is 0 Å². The molecule has 0 radical (unpaired) electrons. The average molecular weight is 628 g/mol. The van der Waals surface area contributed by atoms with Crippen LogP contribution in [-0.4, -0.2) is 14.5 Å². The number of para-hydroxylation sites is 3. The molecule has 7 aromatic carbocycles. The molecule has 0 N–H and O–H groups in total. The molecule has 0 saturated carbocycles. The fourth-order valence-corrected chi connectivity index (χ4v) is 7.61. The van der Waals surface area contributed by atoms with E-state index in [1.807, 2.05) is 36.4 Å². The van der Waals surface area contributed by atoms with Gasteiger partial charge in [-0.3, -0.25) is 0 Å². The van der Waals surface area contributed by atoms with E-state index in [4.69, 9.17) is 18.8 Å². The van der Waals surface area contributed by atoms with Crippen LogP contribution in [0.2, 0.25) is 0 Å². The van der Waals surface area contributed by atoms with Crippen LogP contribution in [0.15, 0.2) is 160 Å². The van der Waals surface area contributed by atoms with Crippen molar-refractivity contribution in [3.8, 4) is 28.3 Å². The minimum Gasteiger partial charge on any atom is -0.455 e. The van der Waals surface area contributed by atoms with Crippen LogP contribution in [0.5, 0.6) is 0 Å². The molecule has 4 heterocycles. The average Bonchev–Trinajstić information content (AvgIpc) is 3.84. The van der Waals surface area contributed by atoms with Crippen molar-refractivity contribution in [2.24, 2.45) is 0 Å². The van der Waals surface area contributed by atoms with E-state index < -0.39 is 0 Å². The highest BCUT2D eigenvalue weighted by Gasteiger charge is 2.22. The highest BCUT2D eigenvalue weighted by molar-refractivity contribution is 6.20. The molecule has 4 aromatic heterocycles.